The Morgan fingerprint density at radius 3 is 3.00 bits per heavy atom. The van der Waals surface area contributed by atoms with Crippen LogP contribution in [0, 0.1) is 11.3 Å². The summed E-state index contributed by atoms with van der Waals surface area (Å²) < 4.78 is 5.46. The number of carbonyl (C=O) groups is 1. The summed E-state index contributed by atoms with van der Waals surface area (Å²) in [7, 11) is 0. The molecule has 1 aromatic rings. The van der Waals surface area contributed by atoms with E-state index in [9.17, 15) is 4.79 Å². The lowest BCUT2D eigenvalue weighted by atomic mass is 10.3. The molecule has 0 bridgehead atoms. The summed E-state index contributed by atoms with van der Waals surface area (Å²) in [6.45, 7) is 1.51. The number of halogens is 1. The van der Waals surface area contributed by atoms with Crippen molar-refractivity contribution >= 4 is 21.9 Å². The van der Waals surface area contributed by atoms with Crippen LogP contribution in [0.5, 0.6) is 0 Å². The predicted octanol–water partition coefficient (Wildman–Crippen LogP) is 1.85. The summed E-state index contributed by atoms with van der Waals surface area (Å²) >= 11 is 3.16. The van der Waals surface area contributed by atoms with Crippen LogP contribution in [0.1, 0.15) is 17.3 Å². The second-order valence-corrected chi connectivity index (χ2v) is 3.27. The van der Waals surface area contributed by atoms with Crippen molar-refractivity contribution in [1.82, 2.24) is 4.98 Å². The highest BCUT2D eigenvalue weighted by molar-refractivity contribution is 9.10. The molecule has 0 amide bonds. The predicted molar refractivity (Wildman–Crippen MR) is 49.0 cm³/mol. The molecule has 1 atom stereocenters. The number of carbonyl (C=O) groups excluding carboxylic acids is 1. The Labute approximate surface area is 83.6 Å². The Balaban J connectivity index is 2.65. The monoisotopic (exact) mass is 242 g/mol. The van der Waals surface area contributed by atoms with Crippen molar-refractivity contribution in [2.24, 2.45) is 0 Å². The van der Waals surface area contributed by atoms with E-state index in [1.54, 1.807) is 6.07 Å². The topological polar surface area (TPSA) is 65.9 Å². The van der Waals surface area contributed by atoms with Crippen LogP contribution in [0.15, 0.2) is 16.9 Å². The first kappa shape index (κ1) is 9.81. The standard InChI is InChI=1S/C8H7BrN2O2/c1-5(3-10)13-8(12)6-2-7(9)11-4-6/h2,4-5,11H,1H3. The second-order valence-electron chi connectivity index (χ2n) is 2.41. The Morgan fingerprint density at radius 1 is 1.85 bits per heavy atom. The molecule has 1 N–H and O–H groups in total. The third-order valence-corrected chi connectivity index (χ3v) is 1.81. The molecule has 0 spiro atoms. The molecule has 4 nitrogen and oxygen atoms in total. The number of nitrogens with zero attached hydrogens (tertiary/aromatic N) is 1. The number of nitrogens with one attached hydrogen (secondary N) is 1. The average Bonchev–Trinajstić information content (AvgIpc) is 2.51. The van der Waals surface area contributed by atoms with E-state index in [2.05, 4.69) is 20.9 Å². The van der Waals surface area contributed by atoms with Crippen LogP contribution in [0.4, 0.5) is 0 Å². The zero-order valence-corrected chi connectivity index (χ0v) is 8.46. The molecule has 0 fully saturated rings. The zero-order valence-electron chi connectivity index (χ0n) is 6.87. The number of aromatic nitrogens is 1. The van der Waals surface area contributed by atoms with Crippen molar-refractivity contribution < 1.29 is 9.53 Å². The van der Waals surface area contributed by atoms with Gasteiger partial charge in [0.2, 0.25) is 0 Å². The molecule has 0 aliphatic heterocycles. The smallest absolute Gasteiger partial charge is 0.341 e. The van der Waals surface area contributed by atoms with Crippen molar-refractivity contribution in [3.8, 4) is 6.07 Å². The normalized spacial score (nSPS) is 11.8. The third kappa shape index (κ3) is 2.60. The number of aromatic amines is 1. The van der Waals surface area contributed by atoms with Gasteiger partial charge in [-0.25, -0.2) is 4.79 Å². The molecule has 13 heavy (non-hydrogen) atoms. The lowest BCUT2D eigenvalue weighted by molar-refractivity contribution is 0.0435. The molecule has 5 heteroatoms. The van der Waals surface area contributed by atoms with E-state index in [0.717, 1.165) is 0 Å². The summed E-state index contributed by atoms with van der Waals surface area (Å²) in [6.07, 6.45) is 0.789. The van der Waals surface area contributed by atoms with Gasteiger partial charge in [-0.2, -0.15) is 5.26 Å². The molecule has 0 saturated carbocycles. The maximum atomic E-state index is 11.2. The molecule has 1 rings (SSSR count). The summed E-state index contributed by atoms with van der Waals surface area (Å²) in [5.74, 6) is -0.504. The van der Waals surface area contributed by atoms with Crippen molar-refractivity contribution in [1.29, 1.82) is 5.26 Å². The number of H-pyrrole nitrogens is 1. The summed E-state index contributed by atoms with van der Waals surface area (Å²) in [5.41, 5.74) is 0.397. The maximum absolute atomic E-state index is 11.2. The molecule has 0 aliphatic rings. The fraction of sp³-hybridized carbons (Fsp3) is 0.250. The van der Waals surface area contributed by atoms with Crippen LogP contribution in [-0.2, 0) is 4.74 Å². The van der Waals surface area contributed by atoms with Gasteiger partial charge in [0.25, 0.3) is 0 Å². The first-order valence-corrected chi connectivity index (χ1v) is 4.37. The quantitative estimate of drug-likeness (QED) is 0.806. The van der Waals surface area contributed by atoms with Crippen LogP contribution < -0.4 is 0 Å². The molecule has 1 unspecified atom stereocenters. The first-order chi connectivity index (χ1) is 6.13. The van der Waals surface area contributed by atoms with Gasteiger partial charge in [-0.1, -0.05) is 0 Å². The Bertz CT molecular complexity index is 353. The number of ether oxygens (including phenoxy) is 1. The minimum absolute atomic E-state index is 0.397. The van der Waals surface area contributed by atoms with Gasteiger partial charge < -0.3 is 9.72 Å². The zero-order chi connectivity index (χ0) is 9.84. The van der Waals surface area contributed by atoms with Gasteiger partial charge in [0.1, 0.15) is 6.07 Å². The summed E-state index contributed by atoms with van der Waals surface area (Å²) in [4.78, 5) is 14.0. The summed E-state index contributed by atoms with van der Waals surface area (Å²) in [5, 5.41) is 8.39. The molecule has 1 aromatic heterocycles. The second kappa shape index (κ2) is 4.10. The molecular formula is C8H7BrN2O2. The van der Waals surface area contributed by atoms with Gasteiger partial charge in [0, 0.05) is 6.20 Å². The van der Waals surface area contributed by atoms with Crippen molar-refractivity contribution in [3.05, 3.63) is 22.4 Å². The lowest BCUT2D eigenvalue weighted by Gasteiger charge is -2.02. The fourth-order valence-electron chi connectivity index (χ4n) is 0.739. The van der Waals surface area contributed by atoms with E-state index >= 15 is 0 Å². The highest BCUT2D eigenvalue weighted by Gasteiger charge is 2.12. The van der Waals surface area contributed by atoms with Gasteiger partial charge in [0.05, 0.1) is 10.2 Å². The van der Waals surface area contributed by atoms with Gasteiger partial charge in [-0.05, 0) is 28.9 Å². The SMILES string of the molecule is CC(C#N)OC(=O)c1c[nH]c(Br)c1. The van der Waals surface area contributed by atoms with Gasteiger partial charge >= 0.3 is 5.97 Å². The van der Waals surface area contributed by atoms with Crippen LogP contribution in [-0.4, -0.2) is 17.1 Å². The molecule has 0 aliphatic carbocycles. The minimum atomic E-state index is -0.721. The van der Waals surface area contributed by atoms with E-state index < -0.39 is 12.1 Å². The Kier molecular flexibility index (Phi) is 3.09. The van der Waals surface area contributed by atoms with E-state index in [-0.39, 0.29) is 0 Å². The van der Waals surface area contributed by atoms with E-state index in [1.165, 1.54) is 13.1 Å². The number of esters is 1. The number of nitriles is 1. The minimum Gasteiger partial charge on any atom is -0.444 e. The molecule has 68 valence electrons. The molecule has 0 aromatic carbocycles. The van der Waals surface area contributed by atoms with Crippen LogP contribution in [0.3, 0.4) is 0 Å². The van der Waals surface area contributed by atoms with E-state index in [0.29, 0.717) is 10.2 Å². The van der Waals surface area contributed by atoms with Crippen LogP contribution >= 0.6 is 15.9 Å². The Hall–Kier alpha value is -1.28. The highest BCUT2D eigenvalue weighted by atomic mass is 79.9. The first-order valence-electron chi connectivity index (χ1n) is 3.58. The molecule has 0 saturated heterocycles. The fourth-order valence-corrected chi connectivity index (χ4v) is 1.10. The van der Waals surface area contributed by atoms with Crippen molar-refractivity contribution in [2.75, 3.05) is 0 Å². The number of hydrogen-bond acceptors (Lipinski definition) is 3. The average molecular weight is 243 g/mol. The third-order valence-electron chi connectivity index (χ3n) is 1.35. The van der Waals surface area contributed by atoms with Gasteiger partial charge in [0.15, 0.2) is 6.10 Å². The highest BCUT2D eigenvalue weighted by Crippen LogP contribution is 2.11. The van der Waals surface area contributed by atoms with Crippen LogP contribution in [0.25, 0.3) is 0 Å². The van der Waals surface area contributed by atoms with E-state index in [1.807, 2.05) is 6.07 Å². The van der Waals surface area contributed by atoms with Crippen molar-refractivity contribution in [3.63, 3.8) is 0 Å². The number of rotatable bonds is 2. The van der Waals surface area contributed by atoms with Gasteiger partial charge in [-0.15, -0.1) is 0 Å². The van der Waals surface area contributed by atoms with Gasteiger partial charge in [-0.3, -0.25) is 0 Å². The molecular weight excluding hydrogens is 236 g/mol. The maximum Gasteiger partial charge on any atom is 0.341 e. The van der Waals surface area contributed by atoms with Crippen LogP contribution in [0.2, 0.25) is 0 Å². The van der Waals surface area contributed by atoms with Crippen molar-refractivity contribution in [2.45, 2.75) is 13.0 Å². The largest absolute Gasteiger partial charge is 0.444 e. The lowest BCUT2D eigenvalue weighted by Crippen LogP contribution is -2.12. The Morgan fingerprint density at radius 2 is 2.54 bits per heavy atom. The molecule has 1 heterocycles. The number of hydrogen-bond donors (Lipinski definition) is 1. The summed E-state index contributed by atoms with van der Waals surface area (Å²) in [6, 6.07) is 3.40. The van der Waals surface area contributed by atoms with E-state index in [4.69, 9.17) is 10.00 Å². The molecule has 0 radical (unpaired) electrons.